The Kier molecular flexibility index (Phi) is 7.35. The third-order valence-corrected chi connectivity index (χ3v) is 4.52. The maximum atomic E-state index is 12.8. The standard InChI is InChI=1S/C20H23BrClNO3/c1-5-25-18-10-13(9-16(22)19(18)26-6-2)20(24)23-17-8-7-14(21)11-15(17)12(3)4/h7-12H,5-6H2,1-4H3,(H,23,24). The van der Waals surface area contributed by atoms with E-state index in [1.165, 1.54) is 0 Å². The Morgan fingerprint density at radius 1 is 1.15 bits per heavy atom. The number of nitrogens with one attached hydrogen (secondary N) is 1. The van der Waals surface area contributed by atoms with Gasteiger partial charge in [-0.25, -0.2) is 0 Å². The molecule has 0 aliphatic carbocycles. The van der Waals surface area contributed by atoms with Gasteiger partial charge in [0.2, 0.25) is 0 Å². The molecule has 0 atom stereocenters. The summed E-state index contributed by atoms with van der Waals surface area (Å²) in [5.74, 6) is 0.941. The maximum Gasteiger partial charge on any atom is 0.255 e. The Hall–Kier alpha value is -1.72. The van der Waals surface area contributed by atoms with Crippen molar-refractivity contribution in [3.05, 3.63) is 51.0 Å². The number of rotatable bonds is 7. The fraction of sp³-hybridized carbons (Fsp3) is 0.350. The fourth-order valence-electron chi connectivity index (χ4n) is 2.57. The Morgan fingerprint density at radius 2 is 1.85 bits per heavy atom. The van der Waals surface area contributed by atoms with Crippen LogP contribution < -0.4 is 14.8 Å². The molecule has 0 heterocycles. The zero-order chi connectivity index (χ0) is 19.3. The summed E-state index contributed by atoms with van der Waals surface area (Å²) in [6.07, 6.45) is 0. The molecule has 0 aliphatic heterocycles. The monoisotopic (exact) mass is 439 g/mol. The second-order valence-electron chi connectivity index (χ2n) is 5.99. The minimum Gasteiger partial charge on any atom is -0.490 e. The average Bonchev–Trinajstić information content (AvgIpc) is 2.59. The van der Waals surface area contributed by atoms with Gasteiger partial charge >= 0.3 is 0 Å². The SMILES string of the molecule is CCOc1cc(C(=O)Nc2ccc(Br)cc2C(C)C)cc(Cl)c1OCC. The molecule has 0 radical (unpaired) electrons. The molecular formula is C20H23BrClNO3. The molecule has 4 nitrogen and oxygen atoms in total. The van der Waals surface area contributed by atoms with Crippen LogP contribution in [0, 0.1) is 0 Å². The molecule has 2 aromatic carbocycles. The maximum absolute atomic E-state index is 12.8. The highest BCUT2D eigenvalue weighted by Crippen LogP contribution is 2.37. The molecule has 0 saturated carbocycles. The molecule has 0 saturated heterocycles. The number of carbonyl (C=O) groups excluding carboxylic acids is 1. The highest BCUT2D eigenvalue weighted by Gasteiger charge is 2.17. The van der Waals surface area contributed by atoms with Gasteiger partial charge in [-0.15, -0.1) is 0 Å². The first-order valence-corrected chi connectivity index (χ1v) is 9.74. The van der Waals surface area contributed by atoms with Crippen LogP contribution in [0.25, 0.3) is 0 Å². The Morgan fingerprint density at radius 3 is 2.46 bits per heavy atom. The van der Waals surface area contributed by atoms with E-state index in [9.17, 15) is 4.79 Å². The Balaban J connectivity index is 2.36. The zero-order valence-corrected chi connectivity index (χ0v) is 17.7. The highest BCUT2D eigenvalue weighted by atomic mass is 79.9. The van der Waals surface area contributed by atoms with Crippen molar-refractivity contribution in [2.75, 3.05) is 18.5 Å². The van der Waals surface area contributed by atoms with Gasteiger partial charge in [0.15, 0.2) is 11.5 Å². The van der Waals surface area contributed by atoms with Gasteiger partial charge in [-0.2, -0.15) is 0 Å². The molecule has 0 unspecified atom stereocenters. The molecule has 26 heavy (non-hydrogen) atoms. The molecule has 0 bridgehead atoms. The summed E-state index contributed by atoms with van der Waals surface area (Å²) in [6.45, 7) is 8.81. The predicted octanol–water partition coefficient (Wildman–Crippen LogP) is 6.28. The number of halogens is 2. The smallest absolute Gasteiger partial charge is 0.255 e. The van der Waals surface area contributed by atoms with Crippen LogP contribution in [0.5, 0.6) is 11.5 Å². The molecule has 0 fully saturated rings. The summed E-state index contributed by atoms with van der Waals surface area (Å²) in [6, 6.07) is 9.05. The van der Waals surface area contributed by atoms with E-state index in [0.717, 1.165) is 15.7 Å². The van der Waals surface area contributed by atoms with Crippen LogP contribution >= 0.6 is 27.5 Å². The van der Waals surface area contributed by atoms with Gasteiger partial charge in [-0.05, 0) is 55.7 Å². The fourth-order valence-corrected chi connectivity index (χ4v) is 3.21. The van der Waals surface area contributed by atoms with Crippen molar-refractivity contribution in [2.24, 2.45) is 0 Å². The van der Waals surface area contributed by atoms with E-state index >= 15 is 0 Å². The van der Waals surface area contributed by atoms with E-state index in [4.69, 9.17) is 21.1 Å². The summed E-state index contributed by atoms with van der Waals surface area (Å²) in [5.41, 5.74) is 2.24. The predicted molar refractivity (Wildman–Crippen MR) is 110 cm³/mol. The molecule has 2 aromatic rings. The van der Waals surface area contributed by atoms with Crippen LogP contribution in [0.4, 0.5) is 5.69 Å². The van der Waals surface area contributed by atoms with E-state index in [-0.39, 0.29) is 11.8 Å². The minimum atomic E-state index is -0.250. The molecule has 0 aliphatic rings. The number of carbonyl (C=O) groups is 1. The topological polar surface area (TPSA) is 47.6 Å². The van der Waals surface area contributed by atoms with Gasteiger partial charge in [0.25, 0.3) is 5.91 Å². The first-order chi connectivity index (χ1) is 12.4. The van der Waals surface area contributed by atoms with Crippen LogP contribution in [0.3, 0.4) is 0 Å². The van der Waals surface area contributed by atoms with Gasteiger partial charge < -0.3 is 14.8 Å². The number of amides is 1. The minimum absolute atomic E-state index is 0.250. The third kappa shape index (κ3) is 4.92. The summed E-state index contributed by atoms with van der Waals surface area (Å²) >= 11 is 9.78. The van der Waals surface area contributed by atoms with Crippen molar-refractivity contribution in [1.82, 2.24) is 0 Å². The molecule has 0 spiro atoms. The van der Waals surface area contributed by atoms with E-state index in [0.29, 0.717) is 35.3 Å². The normalized spacial score (nSPS) is 10.7. The second-order valence-corrected chi connectivity index (χ2v) is 7.31. The lowest BCUT2D eigenvalue weighted by Crippen LogP contribution is -2.14. The largest absolute Gasteiger partial charge is 0.490 e. The van der Waals surface area contributed by atoms with Gasteiger partial charge in [-0.3, -0.25) is 4.79 Å². The lowest BCUT2D eigenvalue weighted by Gasteiger charge is -2.16. The Labute approximate surface area is 168 Å². The zero-order valence-electron chi connectivity index (χ0n) is 15.4. The number of anilines is 1. The third-order valence-electron chi connectivity index (χ3n) is 3.74. The summed E-state index contributed by atoms with van der Waals surface area (Å²) in [7, 11) is 0. The molecule has 1 amide bonds. The van der Waals surface area contributed by atoms with Crippen LogP contribution in [0.15, 0.2) is 34.8 Å². The van der Waals surface area contributed by atoms with Crippen LogP contribution in [-0.4, -0.2) is 19.1 Å². The lowest BCUT2D eigenvalue weighted by molar-refractivity contribution is 0.102. The van der Waals surface area contributed by atoms with E-state index in [1.807, 2.05) is 32.0 Å². The molecule has 1 N–H and O–H groups in total. The summed E-state index contributed by atoms with van der Waals surface area (Å²) < 4.78 is 12.1. The first-order valence-electron chi connectivity index (χ1n) is 8.57. The number of ether oxygens (including phenoxy) is 2. The van der Waals surface area contributed by atoms with Crippen LogP contribution in [0.2, 0.25) is 5.02 Å². The van der Waals surface area contributed by atoms with Crippen molar-refractivity contribution >= 4 is 39.1 Å². The van der Waals surface area contributed by atoms with Crippen molar-refractivity contribution in [2.45, 2.75) is 33.6 Å². The van der Waals surface area contributed by atoms with E-state index in [2.05, 4.69) is 35.1 Å². The summed E-state index contributed by atoms with van der Waals surface area (Å²) in [5, 5.41) is 3.32. The van der Waals surface area contributed by atoms with Gasteiger partial charge in [-0.1, -0.05) is 41.4 Å². The number of hydrogen-bond acceptors (Lipinski definition) is 3. The number of hydrogen-bond donors (Lipinski definition) is 1. The van der Waals surface area contributed by atoms with Crippen molar-refractivity contribution < 1.29 is 14.3 Å². The van der Waals surface area contributed by atoms with Crippen molar-refractivity contribution in [3.8, 4) is 11.5 Å². The van der Waals surface area contributed by atoms with E-state index in [1.54, 1.807) is 12.1 Å². The van der Waals surface area contributed by atoms with Gasteiger partial charge in [0, 0.05) is 15.7 Å². The average molecular weight is 441 g/mol. The van der Waals surface area contributed by atoms with Crippen LogP contribution in [-0.2, 0) is 0 Å². The van der Waals surface area contributed by atoms with Gasteiger partial charge in [0.05, 0.1) is 18.2 Å². The van der Waals surface area contributed by atoms with E-state index < -0.39 is 0 Å². The summed E-state index contributed by atoms with van der Waals surface area (Å²) in [4.78, 5) is 12.8. The Bertz CT molecular complexity index is 793. The second kappa shape index (κ2) is 9.28. The first kappa shape index (κ1) is 20.6. The molecule has 140 valence electrons. The highest BCUT2D eigenvalue weighted by molar-refractivity contribution is 9.10. The molecule has 0 aromatic heterocycles. The number of benzene rings is 2. The molecule has 2 rings (SSSR count). The quantitative estimate of drug-likeness (QED) is 0.551. The van der Waals surface area contributed by atoms with Crippen molar-refractivity contribution in [3.63, 3.8) is 0 Å². The molecule has 6 heteroatoms. The van der Waals surface area contributed by atoms with Gasteiger partial charge in [0.1, 0.15) is 0 Å². The van der Waals surface area contributed by atoms with Crippen molar-refractivity contribution in [1.29, 1.82) is 0 Å². The lowest BCUT2D eigenvalue weighted by atomic mass is 10.0. The molecular weight excluding hydrogens is 418 g/mol. The van der Waals surface area contributed by atoms with Crippen LogP contribution in [0.1, 0.15) is 49.5 Å².